The second kappa shape index (κ2) is 6.85. The number of Topliss-reactive ketones (excluding diaryl/α,β-unsaturated/α-hetero) is 2. The Kier molecular flexibility index (Phi) is 4.78. The lowest BCUT2D eigenvalue weighted by Crippen LogP contribution is -2.45. The molecule has 128 valence electrons. The topological polar surface area (TPSA) is 83.5 Å². The van der Waals surface area contributed by atoms with E-state index in [1.54, 1.807) is 6.07 Å². The van der Waals surface area contributed by atoms with Crippen LogP contribution in [0.3, 0.4) is 0 Å². The number of fused-ring (bicyclic) bond motifs is 1. The number of hydrogen-bond donors (Lipinski definition) is 2. The fourth-order valence-corrected chi connectivity index (χ4v) is 3.11. The predicted octanol–water partition coefficient (Wildman–Crippen LogP) is 2.11. The van der Waals surface area contributed by atoms with Gasteiger partial charge in [0, 0.05) is 16.6 Å². The summed E-state index contributed by atoms with van der Waals surface area (Å²) >= 11 is 3.23. The number of benzene rings is 2. The highest BCUT2D eigenvalue weighted by Gasteiger charge is 2.43. The average molecular weight is 406 g/mol. The van der Waals surface area contributed by atoms with Crippen molar-refractivity contribution in [1.29, 1.82) is 0 Å². The highest BCUT2D eigenvalue weighted by atomic mass is 79.9. The Morgan fingerprint density at radius 3 is 2.52 bits per heavy atom. The number of amides is 1. The van der Waals surface area contributed by atoms with Crippen LogP contribution in [0.4, 0.5) is 4.39 Å². The third-order valence-electron chi connectivity index (χ3n) is 4.04. The molecule has 0 aromatic heterocycles. The molecule has 0 aliphatic heterocycles. The summed E-state index contributed by atoms with van der Waals surface area (Å²) in [5, 5.41) is 12.5. The molecule has 2 aromatic rings. The SMILES string of the molecule is O=C1c2cc(Br)ccc2C(C(=O)NCc2ccc(F)cc2)C(=O)C1O. The number of rotatable bonds is 3. The fraction of sp³-hybridized carbons (Fsp3) is 0.167. The Hall–Kier alpha value is -2.38. The van der Waals surface area contributed by atoms with Crippen molar-refractivity contribution in [1.82, 2.24) is 5.32 Å². The molecule has 1 amide bonds. The maximum Gasteiger partial charge on any atom is 0.235 e. The van der Waals surface area contributed by atoms with E-state index in [9.17, 15) is 23.9 Å². The first-order chi connectivity index (χ1) is 11.9. The molecule has 2 atom stereocenters. The van der Waals surface area contributed by atoms with Gasteiger partial charge in [-0.3, -0.25) is 14.4 Å². The molecule has 0 heterocycles. The Morgan fingerprint density at radius 1 is 1.16 bits per heavy atom. The van der Waals surface area contributed by atoms with Gasteiger partial charge in [-0.05, 0) is 35.4 Å². The van der Waals surface area contributed by atoms with E-state index in [0.29, 0.717) is 10.0 Å². The van der Waals surface area contributed by atoms with Crippen LogP contribution in [-0.4, -0.2) is 28.7 Å². The Morgan fingerprint density at radius 2 is 1.84 bits per heavy atom. The number of aliphatic hydroxyl groups excluding tert-OH is 1. The summed E-state index contributed by atoms with van der Waals surface area (Å²) < 4.78 is 13.5. The molecule has 1 aliphatic rings. The molecule has 0 radical (unpaired) electrons. The van der Waals surface area contributed by atoms with Crippen LogP contribution >= 0.6 is 15.9 Å². The quantitative estimate of drug-likeness (QED) is 0.766. The van der Waals surface area contributed by atoms with E-state index in [4.69, 9.17) is 0 Å². The van der Waals surface area contributed by atoms with E-state index < -0.39 is 35.3 Å². The molecule has 2 N–H and O–H groups in total. The summed E-state index contributed by atoms with van der Waals surface area (Å²) in [6.07, 6.45) is -1.86. The van der Waals surface area contributed by atoms with Crippen molar-refractivity contribution in [3.63, 3.8) is 0 Å². The third-order valence-corrected chi connectivity index (χ3v) is 4.53. The van der Waals surface area contributed by atoms with Crippen LogP contribution in [-0.2, 0) is 16.1 Å². The first-order valence-electron chi connectivity index (χ1n) is 7.46. The van der Waals surface area contributed by atoms with Crippen molar-refractivity contribution >= 4 is 33.4 Å². The lowest BCUT2D eigenvalue weighted by molar-refractivity contribution is -0.134. The summed E-state index contributed by atoms with van der Waals surface area (Å²) in [4.78, 5) is 36.9. The minimum absolute atomic E-state index is 0.0960. The number of carbonyl (C=O) groups is 3. The summed E-state index contributed by atoms with van der Waals surface area (Å²) in [6, 6.07) is 10.2. The molecule has 0 saturated carbocycles. The zero-order chi connectivity index (χ0) is 18.1. The molecule has 0 saturated heterocycles. The van der Waals surface area contributed by atoms with Crippen LogP contribution in [0.1, 0.15) is 27.4 Å². The fourth-order valence-electron chi connectivity index (χ4n) is 2.75. The smallest absolute Gasteiger partial charge is 0.235 e. The van der Waals surface area contributed by atoms with Gasteiger partial charge in [0.05, 0.1) is 0 Å². The normalized spacial score (nSPS) is 19.5. The van der Waals surface area contributed by atoms with Gasteiger partial charge in [0.25, 0.3) is 0 Å². The van der Waals surface area contributed by atoms with Crippen LogP contribution in [0.5, 0.6) is 0 Å². The van der Waals surface area contributed by atoms with Gasteiger partial charge in [0.15, 0.2) is 17.7 Å². The van der Waals surface area contributed by atoms with Gasteiger partial charge in [0.1, 0.15) is 11.7 Å². The minimum Gasteiger partial charge on any atom is -0.377 e. The van der Waals surface area contributed by atoms with Crippen LogP contribution in [0, 0.1) is 5.82 Å². The Bertz CT molecular complexity index is 866. The van der Waals surface area contributed by atoms with E-state index in [1.165, 1.54) is 36.4 Å². The van der Waals surface area contributed by atoms with Crippen LogP contribution < -0.4 is 5.32 Å². The number of aliphatic hydroxyl groups is 1. The first-order valence-corrected chi connectivity index (χ1v) is 8.25. The largest absolute Gasteiger partial charge is 0.377 e. The van der Waals surface area contributed by atoms with Crippen molar-refractivity contribution in [3.05, 3.63) is 69.4 Å². The van der Waals surface area contributed by atoms with Gasteiger partial charge < -0.3 is 10.4 Å². The van der Waals surface area contributed by atoms with E-state index >= 15 is 0 Å². The highest BCUT2D eigenvalue weighted by Crippen LogP contribution is 2.31. The maximum absolute atomic E-state index is 12.9. The maximum atomic E-state index is 12.9. The standard InChI is InChI=1S/C18H13BrFNO4/c19-10-3-6-12-13(7-10)15(22)17(24)16(23)14(12)18(25)21-8-9-1-4-11(20)5-2-9/h1-7,14,17,24H,8H2,(H,21,25). The van der Waals surface area contributed by atoms with Crippen LogP contribution in [0.2, 0.25) is 0 Å². The van der Waals surface area contributed by atoms with Crippen LogP contribution in [0.25, 0.3) is 0 Å². The highest BCUT2D eigenvalue weighted by molar-refractivity contribution is 9.10. The molecule has 5 nitrogen and oxygen atoms in total. The van der Waals surface area contributed by atoms with Crippen molar-refractivity contribution in [2.45, 2.75) is 18.6 Å². The molecule has 2 unspecified atom stereocenters. The van der Waals surface area contributed by atoms with E-state index in [1.807, 2.05) is 0 Å². The zero-order valence-electron chi connectivity index (χ0n) is 12.8. The number of carbonyl (C=O) groups excluding carboxylic acids is 3. The van der Waals surface area contributed by atoms with Gasteiger partial charge in [-0.15, -0.1) is 0 Å². The molecule has 25 heavy (non-hydrogen) atoms. The van der Waals surface area contributed by atoms with Crippen molar-refractivity contribution in [3.8, 4) is 0 Å². The Labute approximate surface area is 151 Å². The van der Waals surface area contributed by atoms with E-state index in [0.717, 1.165) is 0 Å². The molecule has 2 aromatic carbocycles. The van der Waals surface area contributed by atoms with E-state index in [2.05, 4.69) is 21.2 Å². The van der Waals surface area contributed by atoms with Gasteiger partial charge >= 0.3 is 0 Å². The van der Waals surface area contributed by atoms with Gasteiger partial charge in [-0.1, -0.05) is 34.1 Å². The predicted molar refractivity (Wildman–Crippen MR) is 90.5 cm³/mol. The van der Waals surface area contributed by atoms with Gasteiger partial charge in [-0.25, -0.2) is 4.39 Å². The Balaban J connectivity index is 1.86. The number of ketones is 2. The zero-order valence-corrected chi connectivity index (χ0v) is 14.4. The van der Waals surface area contributed by atoms with Crippen molar-refractivity contribution in [2.24, 2.45) is 0 Å². The molecule has 0 spiro atoms. The number of nitrogens with one attached hydrogen (secondary N) is 1. The molecule has 0 fully saturated rings. The summed E-state index contributed by atoms with van der Waals surface area (Å²) in [6.45, 7) is 0.0960. The third kappa shape index (κ3) is 3.38. The molecule has 7 heteroatoms. The minimum atomic E-state index is -1.86. The molecule has 3 rings (SSSR count). The average Bonchev–Trinajstić information content (AvgIpc) is 2.60. The number of hydrogen-bond acceptors (Lipinski definition) is 4. The van der Waals surface area contributed by atoms with Gasteiger partial charge in [-0.2, -0.15) is 0 Å². The molecule has 1 aliphatic carbocycles. The first kappa shape index (κ1) is 17.4. The summed E-state index contributed by atoms with van der Waals surface area (Å²) in [7, 11) is 0. The molecular formula is C18H13BrFNO4. The molecule has 0 bridgehead atoms. The van der Waals surface area contributed by atoms with Crippen molar-refractivity contribution in [2.75, 3.05) is 0 Å². The number of halogens is 2. The van der Waals surface area contributed by atoms with E-state index in [-0.39, 0.29) is 17.7 Å². The molecular weight excluding hydrogens is 393 g/mol. The second-order valence-electron chi connectivity index (χ2n) is 5.68. The lowest BCUT2D eigenvalue weighted by Gasteiger charge is -2.26. The lowest BCUT2D eigenvalue weighted by atomic mass is 9.79. The van der Waals surface area contributed by atoms with Crippen LogP contribution in [0.15, 0.2) is 46.9 Å². The summed E-state index contributed by atoms with van der Waals surface area (Å²) in [5.41, 5.74) is 1.06. The van der Waals surface area contributed by atoms with Crippen molar-refractivity contribution < 1.29 is 23.9 Å². The summed E-state index contributed by atoms with van der Waals surface area (Å²) in [5.74, 6) is -3.85. The second-order valence-corrected chi connectivity index (χ2v) is 6.59. The van der Waals surface area contributed by atoms with Gasteiger partial charge in [0.2, 0.25) is 5.91 Å². The monoisotopic (exact) mass is 405 g/mol.